The van der Waals surface area contributed by atoms with Crippen molar-refractivity contribution in [2.75, 3.05) is 11.5 Å². The largest absolute Gasteiger partial charge is 0.399 e. The lowest BCUT2D eigenvalue weighted by molar-refractivity contribution is 0.585. The summed E-state index contributed by atoms with van der Waals surface area (Å²) in [7, 11) is 0. The summed E-state index contributed by atoms with van der Waals surface area (Å²) in [6.45, 7) is 4.55. The molecule has 2 aromatic rings. The minimum absolute atomic E-state index is 0.766. The SMILES string of the molecule is CCCC(C)CSc1nc2ccc(N)cc2s1. The van der Waals surface area contributed by atoms with E-state index < -0.39 is 0 Å². The van der Waals surface area contributed by atoms with E-state index in [2.05, 4.69) is 18.8 Å². The lowest BCUT2D eigenvalue weighted by atomic mass is 10.1. The Balaban J connectivity index is 2.04. The van der Waals surface area contributed by atoms with Crippen molar-refractivity contribution in [2.45, 2.75) is 31.0 Å². The monoisotopic (exact) mass is 266 g/mol. The first kappa shape index (κ1) is 12.7. The van der Waals surface area contributed by atoms with Crippen LogP contribution in [0.5, 0.6) is 0 Å². The van der Waals surface area contributed by atoms with Crippen LogP contribution in [0.3, 0.4) is 0 Å². The Morgan fingerprint density at radius 2 is 2.29 bits per heavy atom. The second kappa shape index (κ2) is 5.74. The van der Waals surface area contributed by atoms with Crippen molar-refractivity contribution in [3.8, 4) is 0 Å². The molecule has 92 valence electrons. The lowest BCUT2D eigenvalue weighted by Crippen LogP contribution is -1.96. The fourth-order valence-corrected chi connectivity index (χ4v) is 3.98. The summed E-state index contributed by atoms with van der Waals surface area (Å²) in [5.74, 6) is 1.92. The molecule has 1 heterocycles. The summed E-state index contributed by atoms with van der Waals surface area (Å²) in [5, 5.41) is 0. The number of aromatic nitrogens is 1. The van der Waals surface area contributed by atoms with Crippen molar-refractivity contribution in [1.82, 2.24) is 4.98 Å². The van der Waals surface area contributed by atoms with Crippen LogP contribution in [0.1, 0.15) is 26.7 Å². The summed E-state index contributed by atoms with van der Waals surface area (Å²) in [6.07, 6.45) is 2.56. The Hall–Kier alpha value is -0.740. The fourth-order valence-electron chi connectivity index (χ4n) is 1.77. The Morgan fingerprint density at radius 3 is 3.06 bits per heavy atom. The predicted octanol–water partition coefficient (Wildman–Crippen LogP) is 4.41. The van der Waals surface area contributed by atoms with Gasteiger partial charge in [0.1, 0.15) is 0 Å². The third-order valence-corrected chi connectivity index (χ3v) is 5.16. The molecule has 2 nitrogen and oxygen atoms in total. The van der Waals surface area contributed by atoms with Crippen LogP contribution in [0.2, 0.25) is 0 Å². The van der Waals surface area contributed by atoms with Crippen LogP contribution < -0.4 is 5.73 Å². The summed E-state index contributed by atoms with van der Waals surface area (Å²) in [4.78, 5) is 4.61. The van der Waals surface area contributed by atoms with Crippen molar-refractivity contribution in [2.24, 2.45) is 5.92 Å². The molecule has 0 saturated carbocycles. The standard InChI is InChI=1S/C13H18N2S2/c1-3-4-9(2)8-16-13-15-11-6-5-10(14)7-12(11)17-13/h5-7,9H,3-4,8,14H2,1-2H3. The van der Waals surface area contributed by atoms with Crippen molar-refractivity contribution in [3.63, 3.8) is 0 Å². The summed E-state index contributed by atoms with van der Waals surface area (Å²) in [5.41, 5.74) is 7.65. The number of fused-ring (bicyclic) bond motifs is 1. The second-order valence-electron chi connectivity index (χ2n) is 4.41. The molecular weight excluding hydrogens is 248 g/mol. The van der Waals surface area contributed by atoms with E-state index in [1.807, 2.05) is 30.0 Å². The fraction of sp³-hybridized carbons (Fsp3) is 0.462. The Morgan fingerprint density at radius 1 is 1.47 bits per heavy atom. The van der Waals surface area contributed by atoms with Crippen LogP contribution in [-0.2, 0) is 0 Å². The Labute approximate surface area is 111 Å². The zero-order chi connectivity index (χ0) is 12.3. The number of anilines is 1. The van der Waals surface area contributed by atoms with Crippen molar-refractivity contribution < 1.29 is 0 Å². The molecule has 0 aliphatic heterocycles. The quantitative estimate of drug-likeness (QED) is 0.643. The number of hydrogen-bond acceptors (Lipinski definition) is 4. The molecule has 0 aliphatic carbocycles. The van der Waals surface area contributed by atoms with Crippen LogP contribution in [0.25, 0.3) is 10.2 Å². The molecule has 0 bridgehead atoms. The van der Waals surface area contributed by atoms with Gasteiger partial charge in [-0.3, -0.25) is 0 Å². The van der Waals surface area contributed by atoms with E-state index in [0.29, 0.717) is 0 Å². The molecule has 0 radical (unpaired) electrons. The van der Waals surface area contributed by atoms with Gasteiger partial charge < -0.3 is 5.73 Å². The molecule has 0 fully saturated rings. The molecule has 0 saturated heterocycles. The molecule has 0 amide bonds. The molecule has 0 spiro atoms. The third kappa shape index (κ3) is 3.36. The van der Waals surface area contributed by atoms with Crippen LogP contribution >= 0.6 is 23.1 Å². The lowest BCUT2D eigenvalue weighted by Gasteiger charge is -2.06. The normalized spacial score (nSPS) is 13.1. The summed E-state index contributed by atoms with van der Waals surface area (Å²) in [6, 6.07) is 5.92. The molecule has 1 unspecified atom stereocenters. The maximum atomic E-state index is 5.77. The van der Waals surface area contributed by atoms with Gasteiger partial charge in [-0.15, -0.1) is 11.3 Å². The first-order chi connectivity index (χ1) is 8.19. The summed E-state index contributed by atoms with van der Waals surface area (Å²) >= 11 is 3.61. The molecule has 2 N–H and O–H groups in total. The topological polar surface area (TPSA) is 38.9 Å². The van der Waals surface area contributed by atoms with Gasteiger partial charge in [-0.2, -0.15) is 0 Å². The van der Waals surface area contributed by atoms with Gasteiger partial charge in [0, 0.05) is 11.4 Å². The maximum Gasteiger partial charge on any atom is 0.151 e. The van der Waals surface area contributed by atoms with Crippen LogP contribution in [0.4, 0.5) is 5.69 Å². The molecule has 1 aromatic carbocycles. The Kier molecular flexibility index (Phi) is 4.29. The van der Waals surface area contributed by atoms with Crippen LogP contribution in [0, 0.1) is 5.92 Å². The highest BCUT2D eigenvalue weighted by atomic mass is 32.2. The van der Waals surface area contributed by atoms with Gasteiger partial charge in [-0.25, -0.2) is 4.98 Å². The highest BCUT2D eigenvalue weighted by Crippen LogP contribution is 2.32. The van der Waals surface area contributed by atoms with E-state index in [1.54, 1.807) is 11.3 Å². The van der Waals surface area contributed by atoms with E-state index in [1.165, 1.54) is 17.5 Å². The van der Waals surface area contributed by atoms with Crippen LogP contribution in [-0.4, -0.2) is 10.7 Å². The van der Waals surface area contributed by atoms with Gasteiger partial charge in [-0.1, -0.05) is 38.5 Å². The van der Waals surface area contributed by atoms with Gasteiger partial charge in [0.2, 0.25) is 0 Å². The first-order valence-electron chi connectivity index (χ1n) is 5.98. The minimum atomic E-state index is 0.766. The number of nitrogen functional groups attached to an aromatic ring is 1. The molecule has 17 heavy (non-hydrogen) atoms. The predicted molar refractivity (Wildman–Crippen MR) is 78.8 cm³/mol. The molecule has 0 aliphatic rings. The highest BCUT2D eigenvalue weighted by Gasteiger charge is 2.07. The zero-order valence-electron chi connectivity index (χ0n) is 10.3. The second-order valence-corrected chi connectivity index (χ2v) is 6.71. The van der Waals surface area contributed by atoms with Gasteiger partial charge in [0.05, 0.1) is 10.2 Å². The highest BCUT2D eigenvalue weighted by molar-refractivity contribution is 8.01. The summed E-state index contributed by atoms with van der Waals surface area (Å²) < 4.78 is 2.35. The molecule has 1 atom stereocenters. The number of nitrogens with zero attached hydrogens (tertiary/aromatic N) is 1. The van der Waals surface area contributed by atoms with Crippen molar-refractivity contribution >= 4 is 39.0 Å². The molecule has 4 heteroatoms. The average molecular weight is 266 g/mol. The minimum Gasteiger partial charge on any atom is -0.399 e. The van der Waals surface area contributed by atoms with Gasteiger partial charge in [-0.05, 0) is 24.1 Å². The van der Waals surface area contributed by atoms with E-state index in [4.69, 9.17) is 5.73 Å². The van der Waals surface area contributed by atoms with Crippen LogP contribution in [0.15, 0.2) is 22.5 Å². The Bertz CT molecular complexity index is 493. The van der Waals surface area contributed by atoms with Gasteiger partial charge >= 0.3 is 0 Å². The number of thioether (sulfide) groups is 1. The molecular formula is C13H18N2S2. The van der Waals surface area contributed by atoms with Crippen molar-refractivity contribution in [1.29, 1.82) is 0 Å². The number of rotatable bonds is 5. The molecule has 2 rings (SSSR count). The number of nitrogens with two attached hydrogens (primary N) is 1. The number of benzene rings is 1. The number of thiazole rings is 1. The zero-order valence-corrected chi connectivity index (χ0v) is 11.9. The van der Waals surface area contributed by atoms with Crippen molar-refractivity contribution in [3.05, 3.63) is 18.2 Å². The van der Waals surface area contributed by atoms with E-state index >= 15 is 0 Å². The number of hydrogen-bond donors (Lipinski definition) is 1. The van der Waals surface area contributed by atoms with Gasteiger partial charge in [0.15, 0.2) is 4.34 Å². The van der Waals surface area contributed by atoms with E-state index in [-0.39, 0.29) is 0 Å². The maximum absolute atomic E-state index is 5.77. The molecule has 1 aromatic heterocycles. The smallest absolute Gasteiger partial charge is 0.151 e. The third-order valence-electron chi connectivity index (χ3n) is 2.67. The van der Waals surface area contributed by atoms with Gasteiger partial charge in [0.25, 0.3) is 0 Å². The van der Waals surface area contributed by atoms with E-state index in [0.717, 1.165) is 27.2 Å². The average Bonchev–Trinajstić information content (AvgIpc) is 2.68. The first-order valence-corrected chi connectivity index (χ1v) is 7.78. The van der Waals surface area contributed by atoms with E-state index in [9.17, 15) is 0 Å².